The lowest BCUT2D eigenvalue weighted by Crippen LogP contribution is -2.29. The lowest BCUT2D eigenvalue weighted by Gasteiger charge is -2.25. The zero-order chi connectivity index (χ0) is 20.2. The number of ether oxygens (including phenoxy) is 1. The fourth-order valence-electron chi connectivity index (χ4n) is 3.40. The Labute approximate surface area is 187 Å². The van der Waals surface area contributed by atoms with Crippen LogP contribution in [-0.2, 0) is 19.5 Å². The number of hydrogen-bond donors (Lipinski definition) is 1. The summed E-state index contributed by atoms with van der Waals surface area (Å²) in [4.78, 5) is 20.9. The second kappa shape index (κ2) is 10.1. The molecule has 158 valence electrons. The van der Waals surface area contributed by atoms with Crippen molar-refractivity contribution in [1.82, 2.24) is 9.88 Å². The van der Waals surface area contributed by atoms with E-state index >= 15 is 0 Å². The van der Waals surface area contributed by atoms with Crippen LogP contribution in [0, 0.1) is 0 Å². The third-order valence-electron chi connectivity index (χ3n) is 4.77. The average molecular weight is 444 g/mol. The van der Waals surface area contributed by atoms with Crippen LogP contribution in [0.3, 0.4) is 0 Å². The largest absolute Gasteiger partial charge is 0.491 e. The van der Waals surface area contributed by atoms with Gasteiger partial charge in [-0.15, -0.1) is 23.7 Å². The summed E-state index contributed by atoms with van der Waals surface area (Å²) in [5.74, 6) is 0.619. The highest BCUT2D eigenvalue weighted by Crippen LogP contribution is 2.29. The smallest absolute Gasteiger partial charge is 0.257 e. The third-order valence-corrected chi connectivity index (χ3v) is 5.77. The van der Waals surface area contributed by atoms with Crippen molar-refractivity contribution in [3.63, 3.8) is 0 Å². The average Bonchev–Trinajstić information content (AvgIpc) is 3.10. The number of aromatic nitrogens is 1. The zero-order valence-electron chi connectivity index (χ0n) is 17.1. The maximum absolute atomic E-state index is 12.6. The van der Waals surface area contributed by atoms with Crippen molar-refractivity contribution < 1.29 is 9.53 Å². The van der Waals surface area contributed by atoms with Crippen LogP contribution >= 0.6 is 23.7 Å². The Morgan fingerprint density at radius 1 is 1.17 bits per heavy atom. The summed E-state index contributed by atoms with van der Waals surface area (Å²) < 4.78 is 5.63. The molecular formula is C23H26ClN3O2S. The predicted octanol–water partition coefficient (Wildman–Crippen LogP) is 5.16. The topological polar surface area (TPSA) is 54.5 Å². The summed E-state index contributed by atoms with van der Waals surface area (Å²) in [6.45, 7) is 6.75. The number of carbonyl (C=O) groups is 1. The van der Waals surface area contributed by atoms with Crippen LogP contribution in [0.15, 0.2) is 54.6 Å². The second-order valence-corrected chi connectivity index (χ2v) is 8.56. The van der Waals surface area contributed by atoms with E-state index in [4.69, 9.17) is 4.74 Å². The predicted molar refractivity (Wildman–Crippen MR) is 124 cm³/mol. The number of rotatable bonds is 6. The minimum atomic E-state index is -0.145. The van der Waals surface area contributed by atoms with Gasteiger partial charge in [-0.05, 0) is 43.7 Å². The summed E-state index contributed by atoms with van der Waals surface area (Å²) in [6.07, 6.45) is 1.02. The molecule has 0 fully saturated rings. The molecule has 1 aliphatic heterocycles. The molecule has 2 aromatic carbocycles. The van der Waals surface area contributed by atoms with Crippen LogP contribution < -0.4 is 10.1 Å². The fourth-order valence-corrected chi connectivity index (χ4v) is 4.45. The molecule has 0 aliphatic carbocycles. The maximum atomic E-state index is 12.6. The van der Waals surface area contributed by atoms with E-state index in [0.717, 1.165) is 37.5 Å². The molecule has 0 spiro atoms. The number of nitrogens with zero attached hydrogens (tertiary/aromatic N) is 2. The van der Waals surface area contributed by atoms with Crippen LogP contribution in [0.2, 0.25) is 0 Å². The normalized spacial score (nSPS) is 13.4. The molecule has 1 aliphatic rings. The van der Waals surface area contributed by atoms with Crippen LogP contribution in [0.4, 0.5) is 5.13 Å². The number of benzene rings is 2. The molecule has 2 heterocycles. The van der Waals surface area contributed by atoms with Gasteiger partial charge in [0.1, 0.15) is 5.75 Å². The molecule has 0 saturated heterocycles. The van der Waals surface area contributed by atoms with Gasteiger partial charge in [0.15, 0.2) is 5.13 Å². The molecule has 1 aromatic heterocycles. The summed E-state index contributed by atoms with van der Waals surface area (Å²) in [5.41, 5.74) is 3.02. The number of amides is 1. The van der Waals surface area contributed by atoms with E-state index in [1.54, 1.807) is 23.5 Å². The Morgan fingerprint density at radius 3 is 2.60 bits per heavy atom. The van der Waals surface area contributed by atoms with Gasteiger partial charge in [0, 0.05) is 36.5 Å². The van der Waals surface area contributed by atoms with Crippen molar-refractivity contribution in [2.75, 3.05) is 11.9 Å². The second-order valence-electron chi connectivity index (χ2n) is 7.48. The van der Waals surface area contributed by atoms with E-state index in [-0.39, 0.29) is 24.4 Å². The van der Waals surface area contributed by atoms with Crippen LogP contribution in [-0.4, -0.2) is 28.4 Å². The number of fused-ring (bicyclic) bond motifs is 1. The molecule has 7 heteroatoms. The zero-order valence-corrected chi connectivity index (χ0v) is 18.8. The van der Waals surface area contributed by atoms with Crippen LogP contribution in [0.1, 0.15) is 40.3 Å². The van der Waals surface area contributed by atoms with Crippen molar-refractivity contribution in [1.29, 1.82) is 0 Å². The summed E-state index contributed by atoms with van der Waals surface area (Å²) >= 11 is 1.57. The Kier molecular flexibility index (Phi) is 7.48. The van der Waals surface area contributed by atoms with Gasteiger partial charge in [0.2, 0.25) is 0 Å². The number of nitrogens with one attached hydrogen (secondary N) is 1. The molecule has 0 radical (unpaired) electrons. The maximum Gasteiger partial charge on any atom is 0.257 e. The van der Waals surface area contributed by atoms with Gasteiger partial charge in [-0.2, -0.15) is 0 Å². The summed E-state index contributed by atoms with van der Waals surface area (Å²) in [7, 11) is 0. The first-order chi connectivity index (χ1) is 14.1. The Morgan fingerprint density at radius 2 is 1.90 bits per heavy atom. The molecule has 3 aromatic rings. The molecule has 30 heavy (non-hydrogen) atoms. The molecule has 0 unspecified atom stereocenters. The molecular weight excluding hydrogens is 418 g/mol. The summed E-state index contributed by atoms with van der Waals surface area (Å²) in [6, 6.07) is 17.7. The van der Waals surface area contributed by atoms with E-state index in [1.807, 2.05) is 32.0 Å². The Hall–Kier alpha value is -2.41. The number of hydrogen-bond acceptors (Lipinski definition) is 5. The fraction of sp³-hybridized carbons (Fsp3) is 0.304. The van der Waals surface area contributed by atoms with Crippen molar-refractivity contribution >= 4 is 34.8 Å². The van der Waals surface area contributed by atoms with Gasteiger partial charge in [0.25, 0.3) is 5.91 Å². The molecule has 1 N–H and O–H groups in total. The molecule has 0 bridgehead atoms. The van der Waals surface area contributed by atoms with E-state index in [1.165, 1.54) is 10.4 Å². The standard InChI is InChI=1S/C23H25N3O2S.ClH/c1-16(2)28-19-10-8-18(9-11-19)22(27)25-23-24-20-12-13-26(15-21(20)29-23)14-17-6-4-3-5-7-17;/h3-11,16H,12-15H2,1-2H3,(H,24,25,27);1H. The molecule has 5 nitrogen and oxygen atoms in total. The Balaban J connectivity index is 0.00000256. The Bertz CT molecular complexity index is 974. The van der Waals surface area contributed by atoms with Gasteiger partial charge in [-0.25, -0.2) is 4.98 Å². The first kappa shape index (κ1) is 22.3. The SMILES string of the molecule is CC(C)Oc1ccc(C(=O)Nc2nc3c(s2)CN(Cc2ccccc2)CC3)cc1.Cl. The lowest BCUT2D eigenvalue weighted by molar-refractivity contribution is 0.102. The molecule has 0 atom stereocenters. The highest BCUT2D eigenvalue weighted by Gasteiger charge is 2.21. The van der Waals surface area contributed by atoms with Crippen LogP contribution in [0.25, 0.3) is 0 Å². The highest BCUT2D eigenvalue weighted by atomic mass is 35.5. The number of anilines is 1. The van der Waals surface area contributed by atoms with Gasteiger partial charge in [0.05, 0.1) is 11.8 Å². The van der Waals surface area contributed by atoms with Gasteiger partial charge < -0.3 is 4.74 Å². The van der Waals surface area contributed by atoms with Gasteiger partial charge >= 0.3 is 0 Å². The first-order valence-electron chi connectivity index (χ1n) is 9.90. The van der Waals surface area contributed by atoms with Crippen molar-refractivity contribution in [3.05, 3.63) is 76.3 Å². The van der Waals surface area contributed by atoms with Crippen LogP contribution in [0.5, 0.6) is 5.75 Å². The van der Waals surface area contributed by atoms with Gasteiger partial charge in [-0.3, -0.25) is 15.0 Å². The van der Waals surface area contributed by atoms with Crippen molar-refractivity contribution in [2.24, 2.45) is 0 Å². The van der Waals surface area contributed by atoms with Crippen molar-refractivity contribution in [2.45, 2.75) is 39.5 Å². The third kappa shape index (κ3) is 5.59. The van der Waals surface area contributed by atoms with E-state index < -0.39 is 0 Å². The van der Waals surface area contributed by atoms with E-state index in [0.29, 0.717) is 10.7 Å². The minimum Gasteiger partial charge on any atom is -0.491 e. The van der Waals surface area contributed by atoms with E-state index in [9.17, 15) is 4.79 Å². The lowest BCUT2D eigenvalue weighted by atomic mass is 10.1. The summed E-state index contributed by atoms with van der Waals surface area (Å²) in [5, 5.41) is 3.62. The monoisotopic (exact) mass is 443 g/mol. The van der Waals surface area contributed by atoms with E-state index in [2.05, 4.69) is 39.5 Å². The number of halogens is 1. The highest BCUT2D eigenvalue weighted by molar-refractivity contribution is 7.15. The van der Waals surface area contributed by atoms with Crippen molar-refractivity contribution in [3.8, 4) is 5.75 Å². The minimum absolute atomic E-state index is 0. The quantitative estimate of drug-likeness (QED) is 0.571. The molecule has 4 rings (SSSR count). The molecule has 1 amide bonds. The number of thiazole rings is 1. The first-order valence-corrected chi connectivity index (χ1v) is 10.7. The molecule has 0 saturated carbocycles. The number of carbonyl (C=O) groups excluding carboxylic acids is 1. The van der Waals surface area contributed by atoms with Gasteiger partial charge in [-0.1, -0.05) is 30.3 Å².